The average molecular weight is 356 g/mol. The van der Waals surface area contributed by atoms with Gasteiger partial charge in [-0.2, -0.15) is 0 Å². The first-order valence-electron chi connectivity index (χ1n) is 8.34. The Kier molecular flexibility index (Phi) is 7.02. The number of para-hydroxylation sites is 2. The molecule has 2 aromatic carbocycles. The lowest BCUT2D eigenvalue weighted by Crippen LogP contribution is -2.31. The van der Waals surface area contributed by atoms with Gasteiger partial charge < -0.3 is 19.7 Å². The Hall–Kier alpha value is -3.02. The lowest BCUT2D eigenvalue weighted by molar-refractivity contribution is -0.129. The third-order valence-electron chi connectivity index (χ3n) is 3.97. The average Bonchev–Trinajstić information content (AvgIpc) is 2.65. The number of carbonyl (C=O) groups excluding carboxylic acids is 2. The normalized spacial score (nSPS) is 10.1. The smallest absolute Gasteiger partial charge is 0.226 e. The number of hydrogen-bond donors (Lipinski definition) is 1. The van der Waals surface area contributed by atoms with Crippen LogP contribution < -0.4 is 14.8 Å². The van der Waals surface area contributed by atoms with Crippen LogP contribution in [0.2, 0.25) is 0 Å². The predicted molar refractivity (Wildman–Crippen MR) is 100 cm³/mol. The number of nitrogens with one attached hydrogen (secondary N) is 1. The Bertz CT molecular complexity index is 744. The van der Waals surface area contributed by atoms with Crippen molar-refractivity contribution in [1.29, 1.82) is 0 Å². The van der Waals surface area contributed by atoms with Crippen molar-refractivity contribution >= 4 is 17.5 Å². The van der Waals surface area contributed by atoms with Crippen LogP contribution in [0.5, 0.6) is 11.5 Å². The van der Waals surface area contributed by atoms with Crippen LogP contribution in [0.1, 0.15) is 18.9 Å². The summed E-state index contributed by atoms with van der Waals surface area (Å²) in [5.41, 5.74) is 1.59. The third kappa shape index (κ3) is 5.51. The maximum Gasteiger partial charge on any atom is 0.226 e. The molecule has 2 rings (SSSR count). The second kappa shape index (κ2) is 9.46. The van der Waals surface area contributed by atoms with Gasteiger partial charge in [0.05, 0.1) is 19.9 Å². The lowest BCUT2D eigenvalue weighted by atomic mass is 10.2. The number of hydrogen-bond acceptors (Lipinski definition) is 4. The van der Waals surface area contributed by atoms with E-state index in [4.69, 9.17) is 9.47 Å². The molecular formula is C20H24N2O4. The minimum absolute atomic E-state index is 0.0779. The van der Waals surface area contributed by atoms with Crippen molar-refractivity contribution in [3.05, 3.63) is 54.1 Å². The zero-order valence-electron chi connectivity index (χ0n) is 15.3. The van der Waals surface area contributed by atoms with E-state index < -0.39 is 0 Å². The second-order valence-corrected chi connectivity index (χ2v) is 5.79. The van der Waals surface area contributed by atoms with E-state index in [9.17, 15) is 9.59 Å². The van der Waals surface area contributed by atoms with Crippen molar-refractivity contribution < 1.29 is 19.1 Å². The summed E-state index contributed by atoms with van der Waals surface area (Å²) in [4.78, 5) is 25.8. The van der Waals surface area contributed by atoms with Gasteiger partial charge in [0.2, 0.25) is 11.8 Å². The number of methoxy groups -OCH3 is 2. The molecule has 0 spiro atoms. The highest BCUT2D eigenvalue weighted by Gasteiger charge is 2.13. The van der Waals surface area contributed by atoms with Gasteiger partial charge in [-0.15, -0.1) is 0 Å². The van der Waals surface area contributed by atoms with Gasteiger partial charge in [-0.1, -0.05) is 24.3 Å². The number of ether oxygens (including phenoxy) is 2. The van der Waals surface area contributed by atoms with Crippen molar-refractivity contribution in [2.75, 3.05) is 26.1 Å². The summed E-state index contributed by atoms with van der Waals surface area (Å²) in [6, 6.07) is 14.7. The molecule has 0 saturated heterocycles. The highest BCUT2D eigenvalue weighted by Crippen LogP contribution is 2.23. The molecule has 6 nitrogen and oxygen atoms in total. The molecule has 0 bridgehead atoms. The molecule has 6 heteroatoms. The van der Waals surface area contributed by atoms with E-state index in [1.807, 2.05) is 36.4 Å². The number of rotatable bonds is 8. The molecule has 0 aromatic heterocycles. The van der Waals surface area contributed by atoms with Crippen LogP contribution in [0, 0.1) is 0 Å². The Morgan fingerprint density at radius 1 is 1.00 bits per heavy atom. The van der Waals surface area contributed by atoms with Crippen LogP contribution in [0.3, 0.4) is 0 Å². The molecule has 0 aliphatic rings. The molecule has 2 amide bonds. The van der Waals surface area contributed by atoms with Gasteiger partial charge >= 0.3 is 0 Å². The first-order chi connectivity index (χ1) is 12.5. The molecule has 0 fully saturated rings. The van der Waals surface area contributed by atoms with Gasteiger partial charge in [0.15, 0.2) is 0 Å². The maximum absolute atomic E-state index is 12.2. The number of nitrogens with zero attached hydrogens (tertiary/aromatic N) is 1. The summed E-state index contributed by atoms with van der Waals surface area (Å²) in [5, 5.41) is 2.82. The molecule has 0 unspecified atom stereocenters. The van der Waals surface area contributed by atoms with Gasteiger partial charge in [-0.05, 0) is 29.8 Å². The monoisotopic (exact) mass is 356 g/mol. The van der Waals surface area contributed by atoms with E-state index in [0.29, 0.717) is 24.5 Å². The van der Waals surface area contributed by atoms with Crippen LogP contribution >= 0.6 is 0 Å². The van der Waals surface area contributed by atoms with Gasteiger partial charge in [0.25, 0.3) is 0 Å². The SMILES string of the molecule is COc1ccc(CN(CCC(=O)Nc2ccccc2OC)C(C)=O)cc1. The van der Waals surface area contributed by atoms with Gasteiger partial charge in [0.1, 0.15) is 11.5 Å². The molecule has 26 heavy (non-hydrogen) atoms. The van der Waals surface area contributed by atoms with Gasteiger partial charge in [0, 0.05) is 26.4 Å². The molecular weight excluding hydrogens is 332 g/mol. The zero-order valence-corrected chi connectivity index (χ0v) is 15.3. The number of amides is 2. The molecule has 0 heterocycles. The molecule has 0 radical (unpaired) electrons. The summed E-state index contributed by atoms with van der Waals surface area (Å²) in [7, 11) is 3.16. The summed E-state index contributed by atoms with van der Waals surface area (Å²) in [6.07, 6.45) is 0.202. The predicted octanol–water partition coefficient (Wildman–Crippen LogP) is 3.08. The Labute approximate surface area is 153 Å². The van der Waals surface area contributed by atoms with E-state index in [1.165, 1.54) is 6.92 Å². The fraction of sp³-hybridized carbons (Fsp3) is 0.300. The minimum atomic E-state index is -0.171. The van der Waals surface area contributed by atoms with Crippen molar-refractivity contribution in [2.45, 2.75) is 19.9 Å². The van der Waals surface area contributed by atoms with E-state index in [2.05, 4.69) is 5.32 Å². The van der Waals surface area contributed by atoms with Crippen LogP contribution in [0.15, 0.2) is 48.5 Å². The molecule has 2 aromatic rings. The van der Waals surface area contributed by atoms with Crippen molar-refractivity contribution in [1.82, 2.24) is 4.90 Å². The summed E-state index contributed by atoms with van der Waals surface area (Å²) >= 11 is 0. The van der Waals surface area contributed by atoms with E-state index in [-0.39, 0.29) is 18.2 Å². The first kappa shape index (κ1) is 19.3. The quantitative estimate of drug-likeness (QED) is 0.789. The maximum atomic E-state index is 12.2. The van der Waals surface area contributed by atoms with Crippen molar-refractivity contribution in [3.8, 4) is 11.5 Å². The van der Waals surface area contributed by atoms with E-state index in [1.54, 1.807) is 31.3 Å². The Balaban J connectivity index is 1.92. The summed E-state index contributed by atoms with van der Waals surface area (Å²) in [6.45, 7) is 2.28. The number of benzene rings is 2. The van der Waals surface area contributed by atoms with Crippen LogP contribution in [-0.4, -0.2) is 37.5 Å². The highest BCUT2D eigenvalue weighted by molar-refractivity contribution is 5.92. The largest absolute Gasteiger partial charge is 0.497 e. The van der Waals surface area contributed by atoms with Crippen LogP contribution in [0.25, 0.3) is 0 Å². The second-order valence-electron chi connectivity index (χ2n) is 5.79. The fourth-order valence-electron chi connectivity index (χ4n) is 2.50. The Morgan fingerprint density at radius 2 is 1.69 bits per heavy atom. The van der Waals surface area contributed by atoms with Crippen LogP contribution in [-0.2, 0) is 16.1 Å². The van der Waals surface area contributed by atoms with Gasteiger partial charge in [-0.25, -0.2) is 0 Å². The van der Waals surface area contributed by atoms with Gasteiger partial charge in [-0.3, -0.25) is 9.59 Å². The summed E-state index contributed by atoms with van der Waals surface area (Å²) < 4.78 is 10.4. The standard InChI is InChI=1S/C20H24N2O4/c1-15(23)22(14-16-8-10-17(25-2)11-9-16)13-12-20(24)21-18-6-4-5-7-19(18)26-3/h4-11H,12-14H2,1-3H3,(H,21,24). The zero-order chi connectivity index (χ0) is 18.9. The number of anilines is 1. The molecule has 0 aliphatic heterocycles. The molecule has 0 saturated carbocycles. The van der Waals surface area contributed by atoms with Crippen LogP contribution in [0.4, 0.5) is 5.69 Å². The minimum Gasteiger partial charge on any atom is -0.497 e. The Morgan fingerprint density at radius 3 is 2.31 bits per heavy atom. The topological polar surface area (TPSA) is 67.9 Å². The van der Waals surface area contributed by atoms with E-state index >= 15 is 0 Å². The lowest BCUT2D eigenvalue weighted by Gasteiger charge is -2.21. The molecule has 0 aliphatic carbocycles. The van der Waals surface area contributed by atoms with Crippen molar-refractivity contribution in [3.63, 3.8) is 0 Å². The van der Waals surface area contributed by atoms with Crippen molar-refractivity contribution in [2.24, 2.45) is 0 Å². The highest BCUT2D eigenvalue weighted by atomic mass is 16.5. The summed E-state index contributed by atoms with van der Waals surface area (Å²) in [5.74, 6) is 1.11. The fourth-order valence-corrected chi connectivity index (χ4v) is 2.50. The van der Waals surface area contributed by atoms with E-state index in [0.717, 1.165) is 11.3 Å². The molecule has 1 N–H and O–H groups in total. The first-order valence-corrected chi connectivity index (χ1v) is 8.34. The molecule has 138 valence electrons. The molecule has 0 atom stereocenters. The number of carbonyl (C=O) groups is 2. The third-order valence-corrected chi connectivity index (χ3v) is 3.97.